The second-order valence-corrected chi connectivity index (χ2v) is 6.18. The summed E-state index contributed by atoms with van der Waals surface area (Å²) in [6.07, 6.45) is 1.23. The minimum atomic E-state index is -1.03. The number of hydrogen-bond donors (Lipinski definition) is 4. The molecule has 2 aromatic rings. The third kappa shape index (κ3) is 10.4. The molecule has 0 amide bonds. The molecule has 7 heteroatoms. The van der Waals surface area contributed by atoms with Crippen LogP contribution in [0, 0.1) is 6.92 Å². The Morgan fingerprint density at radius 1 is 1.04 bits per heavy atom. The fourth-order valence-electron chi connectivity index (χ4n) is 2.20. The quantitative estimate of drug-likeness (QED) is 0.552. The molecule has 6 nitrogen and oxygen atoms in total. The largest absolute Gasteiger partial charge is 0.569 e. The third-order valence-electron chi connectivity index (χ3n) is 3.56. The molecule has 0 fully saturated rings. The number of aryl methyl sites for hydroxylation is 1. The minimum Gasteiger partial charge on any atom is -0.537 e. The Bertz CT molecular complexity index is 661. The van der Waals surface area contributed by atoms with Gasteiger partial charge in [0, 0.05) is 6.04 Å². The van der Waals surface area contributed by atoms with Crippen molar-refractivity contribution in [2.45, 2.75) is 46.2 Å². The summed E-state index contributed by atoms with van der Waals surface area (Å²) in [5.74, 6) is -0.552. The van der Waals surface area contributed by atoms with Crippen LogP contribution >= 0.6 is 0 Å². The van der Waals surface area contributed by atoms with Gasteiger partial charge in [-0.05, 0) is 49.9 Å². The molecule has 0 aliphatic rings. The van der Waals surface area contributed by atoms with Crippen LogP contribution in [0.5, 0.6) is 5.75 Å². The molecule has 0 aliphatic carbocycles. The molecular formula is C20H30BN2O4. The van der Waals surface area contributed by atoms with Gasteiger partial charge < -0.3 is 26.3 Å². The Hall–Kier alpha value is -2.35. The zero-order valence-electron chi connectivity index (χ0n) is 15.1. The maximum atomic E-state index is 10.5. The van der Waals surface area contributed by atoms with E-state index in [1.54, 1.807) is 24.3 Å². The lowest BCUT2D eigenvalue weighted by molar-refractivity contribution is -0.138. The van der Waals surface area contributed by atoms with Crippen LogP contribution in [0.4, 0.5) is 0 Å². The van der Waals surface area contributed by atoms with Crippen LogP contribution in [-0.2, 0) is 17.6 Å². The van der Waals surface area contributed by atoms with Crippen LogP contribution in [0.2, 0.25) is 0 Å². The van der Waals surface area contributed by atoms with Crippen molar-refractivity contribution in [3.05, 3.63) is 65.2 Å². The van der Waals surface area contributed by atoms with Gasteiger partial charge in [-0.3, -0.25) is 4.79 Å². The van der Waals surface area contributed by atoms with E-state index in [4.69, 9.17) is 26.3 Å². The fourth-order valence-corrected chi connectivity index (χ4v) is 2.20. The molecule has 0 saturated carbocycles. The molecule has 0 unspecified atom stereocenters. The number of carboxylic acid groups (broad SMARTS) is 1. The molecule has 0 aliphatic heterocycles. The number of carboxylic acids is 1. The van der Waals surface area contributed by atoms with E-state index in [2.05, 4.69) is 31.2 Å². The van der Waals surface area contributed by atoms with Crippen molar-refractivity contribution in [1.29, 1.82) is 0 Å². The zero-order chi connectivity index (χ0) is 19.5. The third-order valence-corrected chi connectivity index (χ3v) is 3.56. The summed E-state index contributed by atoms with van der Waals surface area (Å²) < 4.78 is 4.70. The topological polar surface area (TPSA) is 119 Å². The average Bonchev–Trinajstić information content (AvgIpc) is 2.59. The van der Waals surface area contributed by atoms with E-state index in [0.29, 0.717) is 13.4 Å². The van der Waals surface area contributed by atoms with E-state index in [1.807, 2.05) is 6.92 Å². The van der Waals surface area contributed by atoms with Crippen LogP contribution < -0.4 is 16.1 Å². The predicted octanol–water partition coefficient (Wildman–Crippen LogP) is 2.07. The van der Waals surface area contributed by atoms with Gasteiger partial charge in [-0.25, -0.2) is 0 Å². The van der Waals surface area contributed by atoms with E-state index in [9.17, 15) is 4.79 Å². The van der Waals surface area contributed by atoms with Gasteiger partial charge in [-0.15, -0.1) is 0 Å². The van der Waals surface area contributed by atoms with Crippen LogP contribution in [0.1, 0.15) is 31.0 Å². The van der Waals surface area contributed by atoms with E-state index in [1.165, 1.54) is 11.1 Å². The number of nitrogens with two attached hydrogens (primary N) is 2. The maximum absolute atomic E-state index is 10.5. The van der Waals surface area contributed by atoms with Gasteiger partial charge in [-0.1, -0.05) is 49.4 Å². The molecule has 2 atom stereocenters. The van der Waals surface area contributed by atoms with Crippen molar-refractivity contribution in [3.8, 4) is 5.75 Å². The van der Waals surface area contributed by atoms with Gasteiger partial charge in [0.1, 0.15) is 6.04 Å². The first-order valence-electron chi connectivity index (χ1n) is 8.32. The molecule has 27 heavy (non-hydrogen) atoms. The van der Waals surface area contributed by atoms with Crippen molar-refractivity contribution in [1.82, 2.24) is 0 Å². The van der Waals surface area contributed by atoms with Gasteiger partial charge in [0.2, 0.25) is 0 Å². The second kappa shape index (κ2) is 12.9. The molecular weight excluding hydrogens is 343 g/mol. The van der Waals surface area contributed by atoms with Gasteiger partial charge in [-0.2, -0.15) is 0 Å². The molecule has 2 aromatic carbocycles. The first-order chi connectivity index (χ1) is 12.3. The summed E-state index contributed by atoms with van der Waals surface area (Å²) in [7, 11) is 0.581. The summed E-state index contributed by atoms with van der Waals surface area (Å²) in [6.45, 7) is 4.12. The molecule has 1 radical (unpaired) electrons. The SMILES string of the molecule is C.Cc1ccc(C[C@@H](C)N)cc1.N[C@H](Cc1ccc(O[B]O)cc1)C(=O)O. The molecule has 0 spiro atoms. The lowest BCUT2D eigenvalue weighted by Crippen LogP contribution is -2.32. The number of rotatable bonds is 7. The Morgan fingerprint density at radius 3 is 1.96 bits per heavy atom. The summed E-state index contributed by atoms with van der Waals surface area (Å²) >= 11 is 0. The Morgan fingerprint density at radius 2 is 1.52 bits per heavy atom. The van der Waals surface area contributed by atoms with E-state index in [-0.39, 0.29) is 19.9 Å². The van der Waals surface area contributed by atoms with E-state index in [0.717, 1.165) is 12.0 Å². The number of carbonyl (C=O) groups is 1. The Labute approximate surface area is 162 Å². The molecule has 0 bridgehead atoms. The lowest BCUT2D eigenvalue weighted by atomic mass is 10.1. The molecule has 0 aromatic heterocycles. The summed E-state index contributed by atoms with van der Waals surface area (Å²) in [5, 5.41) is 17.0. The van der Waals surface area contributed by atoms with E-state index >= 15 is 0 Å². The van der Waals surface area contributed by atoms with Crippen molar-refractivity contribution in [2.24, 2.45) is 11.5 Å². The normalized spacial score (nSPS) is 11.9. The van der Waals surface area contributed by atoms with Gasteiger partial charge in [0.15, 0.2) is 0 Å². The smallest absolute Gasteiger partial charge is 0.537 e. The van der Waals surface area contributed by atoms with Crippen molar-refractivity contribution >= 4 is 13.7 Å². The highest BCUT2D eigenvalue weighted by atomic mass is 16.5. The highest BCUT2D eigenvalue weighted by molar-refractivity contribution is 6.17. The van der Waals surface area contributed by atoms with E-state index < -0.39 is 12.0 Å². The number of hydrogen-bond acceptors (Lipinski definition) is 5. The molecule has 6 N–H and O–H groups in total. The molecule has 2 rings (SSSR count). The average molecular weight is 373 g/mol. The summed E-state index contributed by atoms with van der Waals surface area (Å²) in [5.41, 5.74) is 14.5. The standard InChI is InChI=1S/C10H15N.C9H11BNO4.CH4/c1-8-3-5-10(6-4-8)7-9(2)11;11-8(9(12)13)5-6-1-3-7(4-2-6)15-10-14;/h3-6,9H,7,11H2,1-2H3;1-4,8,14H,5,11H2,(H,12,13);1H4/t9-;8-;/m11./s1. The second-order valence-electron chi connectivity index (χ2n) is 6.18. The van der Waals surface area contributed by atoms with Crippen molar-refractivity contribution in [2.75, 3.05) is 0 Å². The van der Waals surface area contributed by atoms with Crippen LogP contribution in [0.15, 0.2) is 48.5 Å². The zero-order valence-corrected chi connectivity index (χ0v) is 15.1. The van der Waals surface area contributed by atoms with Crippen molar-refractivity contribution < 1.29 is 19.6 Å². The minimum absolute atomic E-state index is 0. The maximum Gasteiger partial charge on any atom is 0.569 e. The lowest BCUT2D eigenvalue weighted by Gasteiger charge is -2.07. The predicted molar refractivity (Wildman–Crippen MR) is 110 cm³/mol. The van der Waals surface area contributed by atoms with Crippen LogP contribution in [0.3, 0.4) is 0 Å². The number of aliphatic carboxylic acids is 1. The van der Waals surface area contributed by atoms with Gasteiger partial charge >= 0.3 is 13.7 Å². The van der Waals surface area contributed by atoms with Crippen LogP contribution in [0.25, 0.3) is 0 Å². The van der Waals surface area contributed by atoms with Crippen molar-refractivity contribution in [3.63, 3.8) is 0 Å². The highest BCUT2D eigenvalue weighted by Crippen LogP contribution is 2.12. The molecule has 147 valence electrons. The molecule has 0 heterocycles. The monoisotopic (exact) mass is 373 g/mol. The first kappa shape index (κ1) is 24.7. The van der Waals surface area contributed by atoms with Gasteiger partial charge in [0.25, 0.3) is 0 Å². The summed E-state index contributed by atoms with van der Waals surface area (Å²) in [4.78, 5) is 10.5. The van der Waals surface area contributed by atoms with Crippen LogP contribution in [-0.4, -0.2) is 35.9 Å². The number of benzene rings is 2. The Balaban J connectivity index is 0.000000504. The molecule has 0 saturated heterocycles. The fraction of sp³-hybridized carbons (Fsp3) is 0.350. The first-order valence-corrected chi connectivity index (χ1v) is 8.32. The Kier molecular flexibility index (Phi) is 11.8. The summed E-state index contributed by atoms with van der Waals surface area (Å²) in [6, 6.07) is 14.5. The highest BCUT2D eigenvalue weighted by Gasteiger charge is 2.11. The van der Waals surface area contributed by atoms with Gasteiger partial charge in [0.05, 0.1) is 5.75 Å².